The lowest BCUT2D eigenvalue weighted by Gasteiger charge is -2.28. The number of amides is 1. The largest absolute Gasteiger partial charge is 0.379 e. The molecule has 3 N–H and O–H groups in total. The van der Waals surface area contributed by atoms with Gasteiger partial charge in [0.1, 0.15) is 0 Å². The maximum absolute atomic E-state index is 12.1. The first kappa shape index (κ1) is 17.4. The van der Waals surface area contributed by atoms with Crippen molar-refractivity contribution < 1.29 is 9.53 Å². The Balaban J connectivity index is 2.09. The molecule has 0 aromatic heterocycles. The molecule has 0 aromatic rings. The minimum Gasteiger partial charge on any atom is -0.379 e. The van der Waals surface area contributed by atoms with Gasteiger partial charge in [0.2, 0.25) is 5.91 Å². The molecule has 0 aliphatic heterocycles. The number of hydrogen-bond donors (Lipinski definition) is 2. The van der Waals surface area contributed by atoms with Crippen LogP contribution in [0.3, 0.4) is 0 Å². The number of unbranched alkanes of at least 4 members (excludes halogenated alkanes) is 1. The van der Waals surface area contributed by atoms with E-state index in [0.29, 0.717) is 12.0 Å². The second-order valence-electron chi connectivity index (χ2n) is 6.22. The average Bonchev–Trinajstić information content (AvgIpc) is 2.43. The minimum atomic E-state index is 0.215. The topological polar surface area (TPSA) is 64.3 Å². The van der Waals surface area contributed by atoms with Crippen LogP contribution in [-0.2, 0) is 9.53 Å². The van der Waals surface area contributed by atoms with Crippen LogP contribution < -0.4 is 11.1 Å². The summed E-state index contributed by atoms with van der Waals surface area (Å²) in [4.78, 5) is 12.1. The summed E-state index contributed by atoms with van der Waals surface area (Å²) < 4.78 is 5.48. The molecule has 20 heavy (non-hydrogen) atoms. The fourth-order valence-electron chi connectivity index (χ4n) is 2.93. The quantitative estimate of drug-likeness (QED) is 0.639. The molecule has 0 radical (unpaired) electrons. The number of ether oxygens (including phenoxy) is 1. The van der Waals surface area contributed by atoms with Gasteiger partial charge in [-0.25, -0.2) is 0 Å². The Labute approximate surface area is 123 Å². The Morgan fingerprint density at radius 1 is 1.35 bits per heavy atom. The van der Waals surface area contributed by atoms with Gasteiger partial charge < -0.3 is 15.8 Å². The van der Waals surface area contributed by atoms with Crippen molar-refractivity contribution in [1.82, 2.24) is 5.32 Å². The lowest BCUT2D eigenvalue weighted by Crippen LogP contribution is -2.34. The smallest absolute Gasteiger partial charge is 0.223 e. The predicted octanol–water partition coefficient (Wildman–Crippen LogP) is 2.46. The van der Waals surface area contributed by atoms with E-state index in [1.807, 2.05) is 13.8 Å². The molecule has 118 valence electrons. The zero-order valence-electron chi connectivity index (χ0n) is 13.2. The van der Waals surface area contributed by atoms with Crippen LogP contribution in [0.4, 0.5) is 0 Å². The molecule has 0 aromatic carbocycles. The van der Waals surface area contributed by atoms with Crippen molar-refractivity contribution in [1.29, 1.82) is 0 Å². The van der Waals surface area contributed by atoms with Gasteiger partial charge in [0.05, 0.1) is 6.10 Å². The second-order valence-corrected chi connectivity index (χ2v) is 6.22. The molecule has 0 bridgehead atoms. The molecule has 0 heterocycles. The molecular formula is C16H32N2O2. The molecule has 4 heteroatoms. The summed E-state index contributed by atoms with van der Waals surface area (Å²) in [6.07, 6.45) is 7.86. The number of carbonyl (C=O) groups is 1. The highest BCUT2D eigenvalue weighted by Gasteiger charge is 2.26. The molecule has 1 fully saturated rings. The Kier molecular flexibility index (Phi) is 8.86. The summed E-state index contributed by atoms with van der Waals surface area (Å²) in [5.74, 6) is 1.12. The number of rotatable bonds is 9. The molecule has 1 rings (SSSR count). The summed E-state index contributed by atoms with van der Waals surface area (Å²) in [7, 11) is 0. The van der Waals surface area contributed by atoms with E-state index in [1.54, 1.807) is 0 Å². The van der Waals surface area contributed by atoms with Crippen LogP contribution in [0.15, 0.2) is 0 Å². The molecule has 4 nitrogen and oxygen atoms in total. The first-order valence-corrected chi connectivity index (χ1v) is 8.22. The molecule has 0 spiro atoms. The Morgan fingerprint density at radius 2 is 2.15 bits per heavy atom. The van der Waals surface area contributed by atoms with Crippen LogP contribution >= 0.6 is 0 Å². The minimum absolute atomic E-state index is 0.215. The van der Waals surface area contributed by atoms with E-state index in [2.05, 4.69) is 5.32 Å². The van der Waals surface area contributed by atoms with Gasteiger partial charge in [0, 0.05) is 19.1 Å². The maximum atomic E-state index is 12.1. The third-order valence-electron chi connectivity index (χ3n) is 4.05. The van der Waals surface area contributed by atoms with Gasteiger partial charge in [-0.3, -0.25) is 4.79 Å². The van der Waals surface area contributed by atoms with Crippen molar-refractivity contribution >= 4 is 5.91 Å². The average molecular weight is 284 g/mol. The van der Waals surface area contributed by atoms with E-state index in [-0.39, 0.29) is 11.8 Å². The van der Waals surface area contributed by atoms with Crippen molar-refractivity contribution in [3.63, 3.8) is 0 Å². The normalized spacial score (nSPS) is 23.0. The van der Waals surface area contributed by atoms with Gasteiger partial charge >= 0.3 is 0 Å². The van der Waals surface area contributed by atoms with E-state index in [9.17, 15) is 4.79 Å². The summed E-state index contributed by atoms with van der Waals surface area (Å²) >= 11 is 0. The van der Waals surface area contributed by atoms with E-state index in [0.717, 1.165) is 51.8 Å². The molecular weight excluding hydrogens is 252 g/mol. The van der Waals surface area contributed by atoms with Crippen LogP contribution in [-0.4, -0.2) is 31.7 Å². The summed E-state index contributed by atoms with van der Waals surface area (Å²) in [6, 6.07) is 0. The fourth-order valence-corrected chi connectivity index (χ4v) is 2.93. The van der Waals surface area contributed by atoms with Gasteiger partial charge in [0.25, 0.3) is 0 Å². The van der Waals surface area contributed by atoms with Crippen LogP contribution in [0.2, 0.25) is 0 Å². The van der Waals surface area contributed by atoms with Gasteiger partial charge in [-0.1, -0.05) is 12.8 Å². The van der Waals surface area contributed by atoms with Crippen LogP contribution in [0.5, 0.6) is 0 Å². The van der Waals surface area contributed by atoms with Crippen molar-refractivity contribution in [3.05, 3.63) is 0 Å². The molecule has 1 aliphatic carbocycles. The van der Waals surface area contributed by atoms with Gasteiger partial charge in [-0.05, 0) is 58.4 Å². The highest BCUT2D eigenvalue weighted by atomic mass is 16.5. The zero-order chi connectivity index (χ0) is 14.8. The van der Waals surface area contributed by atoms with Gasteiger partial charge in [-0.2, -0.15) is 0 Å². The van der Waals surface area contributed by atoms with Crippen LogP contribution in [0, 0.1) is 11.8 Å². The first-order chi connectivity index (χ1) is 9.63. The van der Waals surface area contributed by atoms with Crippen molar-refractivity contribution in [2.45, 2.75) is 64.9 Å². The predicted molar refractivity (Wildman–Crippen MR) is 82.5 cm³/mol. The number of carbonyl (C=O) groups excluding carboxylic acids is 1. The van der Waals surface area contributed by atoms with E-state index < -0.39 is 0 Å². The lowest BCUT2D eigenvalue weighted by molar-refractivity contribution is -0.126. The fraction of sp³-hybridized carbons (Fsp3) is 0.938. The second kappa shape index (κ2) is 10.2. The van der Waals surface area contributed by atoms with E-state index in [4.69, 9.17) is 10.5 Å². The molecule has 0 saturated heterocycles. The van der Waals surface area contributed by atoms with Gasteiger partial charge in [0.15, 0.2) is 0 Å². The molecule has 2 atom stereocenters. The first-order valence-electron chi connectivity index (χ1n) is 8.22. The molecule has 1 aliphatic rings. The third-order valence-corrected chi connectivity index (χ3v) is 4.05. The van der Waals surface area contributed by atoms with Crippen molar-refractivity contribution in [3.8, 4) is 0 Å². The Bertz CT molecular complexity index is 267. The molecule has 1 saturated carbocycles. The number of nitrogens with one attached hydrogen (secondary N) is 1. The maximum Gasteiger partial charge on any atom is 0.223 e. The van der Waals surface area contributed by atoms with Crippen molar-refractivity contribution in [2.75, 3.05) is 19.7 Å². The van der Waals surface area contributed by atoms with Crippen LogP contribution in [0.25, 0.3) is 0 Å². The zero-order valence-corrected chi connectivity index (χ0v) is 13.2. The molecule has 1 amide bonds. The summed E-state index contributed by atoms with van der Waals surface area (Å²) in [5, 5.41) is 3.08. The SMILES string of the molecule is CC(C)OCCCCNC(=O)C1CCCC(CCN)C1. The highest BCUT2D eigenvalue weighted by molar-refractivity contribution is 5.78. The third kappa shape index (κ3) is 7.25. The summed E-state index contributed by atoms with van der Waals surface area (Å²) in [6.45, 7) is 6.40. The van der Waals surface area contributed by atoms with E-state index in [1.165, 1.54) is 12.8 Å². The lowest BCUT2D eigenvalue weighted by atomic mass is 9.79. The standard InChI is InChI=1S/C16H32N2O2/c1-13(2)20-11-4-3-10-18-16(19)15-7-5-6-14(12-15)8-9-17/h13-15H,3-12,17H2,1-2H3,(H,18,19). The summed E-state index contributed by atoms with van der Waals surface area (Å²) in [5.41, 5.74) is 5.62. The Morgan fingerprint density at radius 3 is 2.85 bits per heavy atom. The van der Waals surface area contributed by atoms with Crippen molar-refractivity contribution in [2.24, 2.45) is 17.6 Å². The Hall–Kier alpha value is -0.610. The highest BCUT2D eigenvalue weighted by Crippen LogP contribution is 2.30. The van der Waals surface area contributed by atoms with Gasteiger partial charge in [-0.15, -0.1) is 0 Å². The molecule has 2 unspecified atom stereocenters. The monoisotopic (exact) mass is 284 g/mol. The number of nitrogens with two attached hydrogens (primary N) is 1. The van der Waals surface area contributed by atoms with E-state index >= 15 is 0 Å². The number of hydrogen-bond acceptors (Lipinski definition) is 3. The van der Waals surface area contributed by atoms with Crippen LogP contribution in [0.1, 0.15) is 58.8 Å².